The lowest BCUT2D eigenvalue weighted by molar-refractivity contribution is -0.131. The molecule has 0 aromatic carbocycles. The highest BCUT2D eigenvalue weighted by atomic mass is 28.3. The van der Waals surface area contributed by atoms with Crippen molar-refractivity contribution in [2.75, 3.05) is 0 Å². The van der Waals surface area contributed by atoms with Crippen molar-refractivity contribution in [3.05, 3.63) is 11.8 Å². The molecule has 3 heteroatoms. The van der Waals surface area contributed by atoms with Gasteiger partial charge in [-0.1, -0.05) is 83.1 Å². The van der Waals surface area contributed by atoms with Crippen LogP contribution in [-0.4, -0.2) is 19.1 Å². The van der Waals surface area contributed by atoms with Crippen LogP contribution in [0.15, 0.2) is 11.8 Å². The van der Waals surface area contributed by atoms with E-state index < -0.39 is 14.0 Å². The molecule has 0 fully saturated rings. The van der Waals surface area contributed by atoms with Crippen LogP contribution in [0.4, 0.5) is 0 Å². The summed E-state index contributed by atoms with van der Waals surface area (Å²) in [5, 5.41) is 8.89. The van der Waals surface area contributed by atoms with Gasteiger partial charge in [0.25, 0.3) is 0 Å². The zero-order chi connectivity index (χ0) is 13.9. The number of carboxylic acid groups (broad SMARTS) is 1. The summed E-state index contributed by atoms with van der Waals surface area (Å²) in [5.74, 6) is -0.781. The Bertz CT molecular complexity index is 227. The van der Waals surface area contributed by atoms with E-state index in [4.69, 9.17) is 5.11 Å². The quantitative estimate of drug-likeness (QED) is 0.423. The van der Waals surface area contributed by atoms with Gasteiger partial charge in [0.15, 0.2) is 0 Å². The molecule has 0 aromatic rings. The van der Waals surface area contributed by atoms with Gasteiger partial charge in [-0.25, -0.2) is 4.79 Å². The van der Waals surface area contributed by atoms with E-state index in [1.54, 1.807) is 0 Å². The minimum Gasteiger partial charge on any atom is -0.478 e. The molecule has 0 aliphatic carbocycles. The number of hydrogen-bond acceptors (Lipinski definition) is 1. The number of carbonyl (C=O) groups is 1. The molecule has 0 spiro atoms. The summed E-state index contributed by atoms with van der Waals surface area (Å²) in [6, 6.07) is 3.81. The van der Waals surface area contributed by atoms with E-state index in [0.717, 1.165) is 0 Å². The van der Waals surface area contributed by atoms with Crippen LogP contribution in [0.25, 0.3) is 0 Å². The molecule has 1 N–H and O–H groups in total. The molecule has 0 saturated heterocycles. The van der Waals surface area contributed by atoms with Crippen molar-refractivity contribution in [3.63, 3.8) is 0 Å². The van der Waals surface area contributed by atoms with Gasteiger partial charge in [0.05, 0.1) is 8.07 Å². The highest BCUT2D eigenvalue weighted by Crippen LogP contribution is 2.29. The summed E-state index contributed by atoms with van der Waals surface area (Å²) in [4.78, 5) is 10.8. The van der Waals surface area contributed by atoms with Crippen LogP contribution >= 0.6 is 0 Å². The van der Waals surface area contributed by atoms with Crippen molar-refractivity contribution in [1.29, 1.82) is 0 Å². The first-order valence-electron chi connectivity index (χ1n) is 7.52. The summed E-state index contributed by atoms with van der Waals surface area (Å²) in [5.41, 5.74) is 2.12. The van der Waals surface area contributed by atoms with Crippen molar-refractivity contribution in [3.8, 4) is 0 Å². The van der Waals surface area contributed by atoms with Gasteiger partial charge in [0, 0.05) is 6.08 Å². The molecule has 106 valence electrons. The average molecular weight is 270 g/mol. The Kier molecular flexibility index (Phi) is 10.0. The maximum atomic E-state index is 10.8. The molecule has 0 amide bonds. The monoisotopic (exact) mass is 270 g/mol. The van der Waals surface area contributed by atoms with E-state index in [2.05, 4.69) is 26.5 Å². The van der Waals surface area contributed by atoms with Gasteiger partial charge < -0.3 is 5.11 Å². The van der Waals surface area contributed by atoms with E-state index in [0.29, 0.717) is 0 Å². The Balaban J connectivity index is 4.78. The number of carboxylic acids is 1. The Hall–Kier alpha value is -0.573. The van der Waals surface area contributed by atoms with Gasteiger partial charge in [0.1, 0.15) is 0 Å². The van der Waals surface area contributed by atoms with Crippen molar-refractivity contribution in [2.45, 2.75) is 77.4 Å². The Morgan fingerprint density at radius 1 is 0.944 bits per heavy atom. The highest BCUT2D eigenvalue weighted by Gasteiger charge is 2.28. The second-order valence-electron chi connectivity index (χ2n) is 5.34. The molecule has 0 aliphatic rings. The summed E-state index contributed by atoms with van der Waals surface area (Å²) in [6.07, 6.45) is 8.83. The van der Waals surface area contributed by atoms with Gasteiger partial charge in [0.2, 0.25) is 0 Å². The lowest BCUT2D eigenvalue weighted by atomic mass is 10.4. The summed E-state index contributed by atoms with van der Waals surface area (Å²) in [7, 11) is -1.48. The lowest BCUT2D eigenvalue weighted by Crippen LogP contribution is -2.32. The van der Waals surface area contributed by atoms with Crippen LogP contribution < -0.4 is 0 Å². The topological polar surface area (TPSA) is 37.3 Å². The van der Waals surface area contributed by atoms with Gasteiger partial charge in [-0.15, -0.1) is 0 Å². The fraction of sp³-hybridized carbons (Fsp3) is 0.800. The second kappa shape index (κ2) is 10.4. The minimum absolute atomic E-state index is 0.781. The summed E-state index contributed by atoms with van der Waals surface area (Å²) >= 11 is 0. The predicted molar refractivity (Wildman–Crippen MR) is 81.7 cm³/mol. The van der Waals surface area contributed by atoms with Crippen molar-refractivity contribution < 1.29 is 9.90 Å². The summed E-state index contributed by atoms with van der Waals surface area (Å²) in [6.45, 7) is 6.67. The number of hydrogen-bond donors (Lipinski definition) is 1. The normalized spacial score (nSPS) is 12.2. The van der Waals surface area contributed by atoms with Gasteiger partial charge in [-0.3, -0.25) is 0 Å². The van der Waals surface area contributed by atoms with Crippen LogP contribution in [0.5, 0.6) is 0 Å². The molecule has 0 unspecified atom stereocenters. The van der Waals surface area contributed by atoms with E-state index in [-0.39, 0.29) is 0 Å². The third-order valence-electron chi connectivity index (χ3n) is 3.66. The Morgan fingerprint density at radius 3 is 1.61 bits per heavy atom. The Morgan fingerprint density at radius 2 is 1.33 bits per heavy atom. The third-order valence-corrected chi connectivity index (χ3v) is 8.59. The largest absolute Gasteiger partial charge is 0.478 e. The Labute approximate surface area is 113 Å². The zero-order valence-electron chi connectivity index (χ0n) is 12.4. The molecule has 0 heterocycles. The first-order valence-corrected chi connectivity index (χ1v) is 10.2. The number of aliphatic carboxylic acids is 1. The lowest BCUT2D eigenvalue weighted by Gasteiger charge is -2.28. The SMILES string of the molecule is CCCC[Si](C=CC(=O)O)(CCCC)CCCC. The maximum absolute atomic E-state index is 10.8. The van der Waals surface area contributed by atoms with Crippen molar-refractivity contribution in [1.82, 2.24) is 0 Å². The average Bonchev–Trinajstić information content (AvgIpc) is 2.37. The van der Waals surface area contributed by atoms with E-state index >= 15 is 0 Å². The molecule has 0 rings (SSSR count). The molecule has 2 nitrogen and oxygen atoms in total. The van der Waals surface area contributed by atoms with Crippen molar-refractivity contribution >= 4 is 14.0 Å². The smallest absolute Gasteiger partial charge is 0.327 e. The molecule has 0 saturated carbocycles. The van der Waals surface area contributed by atoms with Crippen LogP contribution in [0.2, 0.25) is 18.1 Å². The molecule has 18 heavy (non-hydrogen) atoms. The molecular formula is C15H30O2Si. The zero-order valence-corrected chi connectivity index (χ0v) is 13.4. The summed E-state index contributed by atoms with van der Waals surface area (Å²) < 4.78 is 0. The van der Waals surface area contributed by atoms with E-state index in [9.17, 15) is 4.79 Å². The minimum atomic E-state index is -1.48. The first-order chi connectivity index (χ1) is 8.60. The van der Waals surface area contributed by atoms with Crippen LogP contribution in [0, 0.1) is 0 Å². The number of rotatable bonds is 11. The molecule has 0 radical (unpaired) electrons. The van der Waals surface area contributed by atoms with E-state index in [1.165, 1.54) is 62.7 Å². The van der Waals surface area contributed by atoms with Gasteiger partial charge >= 0.3 is 5.97 Å². The number of unbranched alkanes of at least 4 members (excludes halogenated alkanes) is 3. The van der Waals surface area contributed by atoms with E-state index in [1.807, 2.05) is 0 Å². The third kappa shape index (κ3) is 7.70. The second-order valence-corrected chi connectivity index (χ2v) is 9.90. The highest BCUT2D eigenvalue weighted by molar-refractivity contribution is 6.84. The molecule has 0 atom stereocenters. The van der Waals surface area contributed by atoms with Gasteiger partial charge in [-0.05, 0) is 0 Å². The fourth-order valence-electron chi connectivity index (χ4n) is 2.46. The fourth-order valence-corrected chi connectivity index (χ4v) is 7.38. The first kappa shape index (κ1) is 17.4. The standard InChI is InChI=1S/C15H30O2Si/c1-4-7-11-18(12-8-5-2,13-9-6-3)14-10-15(16)17/h10,14H,4-9,11-13H2,1-3H3,(H,16,17). The van der Waals surface area contributed by atoms with Gasteiger partial charge in [-0.2, -0.15) is 0 Å². The molecular weight excluding hydrogens is 240 g/mol. The van der Waals surface area contributed by atoms with Crippen molar-refractivity contribution in [2.24, 2.45) is 0 Å². The molecule has 0 bridgehead atoms. The van der Waals surface area contributed by atoms with Crippen LogP contribution in [0.1, 0.15) is 59.3 Å². The molecule has 0 aliphatic heterocycles. The maximum Gasteiger partial charge on any atom is 0.327 e. The van der Waals surface area contributed by atoms with Crippen LogP contribution in [0.3, 0.4) is 0 Å². The van der Waals surface area contributed by atoms with Crippen LogP contribution in [-0.2, 0) is 4.79 Å². The predicted octanol–water partition coefficient (Wildman–Crippen LogP) is 5.02. The molecule has 0 aromatic heterocycles.